The maximum atomic E-state index is 13.9. The lowest BCUT2D eigenvalue weighted by atomic mass is 10.0. The van der Waals surface area contributed by atoms with Gasteiger partial charge in [0, 0.05) is 25.7 Å². The first kappa shape index (κ1) is 14.3. The van der Waals surface area contributed by atoms with Crippen molar-refractivity contribution in [1.82, 2.24) is 0 Å². The topological polar surface area (TPSA) is 50.4 Å². The second-order valence-corrected chi connectivity index (χ2v) is 5.90. The van der Waals surface area contributed by atoms with Gasteiger partial charge in [-0.15, -0.1) is 0 Å². The minimum Gasteiger partial charge on any atom is -0.381 e. The first-order valence-electron chi connectivity index (χ1n) is 7.65. The van der Waals surface area contributed by atoms with Crippen molar-refractivity contribution in [2.75, 3.05) is 23.8 Å². The lowest BCUT2D eigenvalue weighted by molar-refractivity contribution is -0.116. The summed E-state index contributed by atoms with van der Waals surface area (Å²) in [5.74, 6) is -0.0653. The summed E-state index contributed by atoms with van der Waals surface area (Å²) in [4.78, 5) is 12.0. The normalized spacial score (nSPS) is 21.3. The number of hydrogen-bond donors (Lipinski definition) is 2. The predicted octanol–water partition coefficient (Wildman–Crippen LogP) is 3.16. The molecule has 0 aromatic heterocycles. The summed E-state index contributed by atoms with van der Waals surface area (Å²) in [6, 6.07) is 5.25. The van der Waals surface area contributed by atoms with Gasteiger partial charge in [0.2, 0.25) is 5.91 Å². The standard InChI is InChI=1S/C16H21FN2O2/c17-13-2-1-3-14(18-12-5-6-12)16(13)19-15(20)7-4-11-8-9-21-10-11/h1-3,11-12,18H,4-10H2,(H,19,20). The molecule has 1 aromatic rings. The zero-order chi connectivity index (χ0) is 14.7. The molecule has 1 heterocycles. The third kappa shape index (κ3) is 3.94. The molecule has 1 atom stereocenters. The van der Waals surface area contributed by atoms with E-state index in [-0.39, 0.29) is 11.6 Å². The van der Waals surface area contributed by atoms with E-state index in [2.05, 4.69) is 10.6 Å². The van der Waals surface area contributed by atoms with Gasteiger partial charge in [-0.05, 0) is 43.7 Å². The number of ether oxygens (including phenoxy) is 1. The van der Waals surface area contributed by atoms with Crippen LogP contribution in [0.1, 0.15) is 32.1 Å². The number of halogens is 1. The molecule has 1 aliphatic carbocycles. The monoisotopic (exact) mass is 292 g/mol. The van der Waals surface area contributed by atoms with Crippen LogP contribution in [0.4, 0.5) is 15.8 Å². The Balaban J connectivity index is 1.58. The second-order valence-electron chi connectivity index (χ2n) is 5.90. The minimum atomic E-state index is -0.391. The van der Waals surface area contributed by atoms with Gasteiger partial charge in [-0.3, -0.25) is 4.79 Å². The van der Waals surface area contributed by atoms with Crippen molar-refractivity contribution < 1.29 is 13.9 Å². The molecule has 2 aliphatic rings. The van der Waals surface area contributed by atoms with Gasteiger partial charge in [0.25, 0.3) is 0 Å². The fourth-order valence-corrected chi connectivity index (χ4v) is 2.57. The van der Waals surface area contributed by atoms with Crippen molar-refractivity contribution in [3.8, 4) is 0 Å². The third-order valence-electron chi connectivity index (χ3n) is 4.02. The zero-order valence-corrected chi connectivity index (χ0v) is 12.0. The Kier molecular flexibility index (Phi) is 4.39. The van der Waals surface area contributed by atoms with E-state index < -0.39 is 5.82 Å². The Morgan fingerprint density at radius 1 is 1.33 bits per heavy atom. The van der Waals surface area contributed by atoms with Gasteiger partial charge in [0.1, 0.15) is 11.5 Å². The Bertz CT molecular complexity index is 511. The number of nitrogens with one attached hydrogen (secondary N) is 2. The van der Waals surface area contributed by atoms with E-state index in [1.54, 1.807) is 6.07 Å². The van der Waals surface area contributed by atoms with E-state index in [0.717, 1.165) is 38.9 Å². The molecule has 1 unspecified atom stereocenters. The number of rotatable bonds is 6. The van der Waals surface area contributed by atoms with E-state index in [1.165, 1.54) is 6.07 Å². The summed E-state index contributed by atoms with van der Waals surface area (Å²) >= 11 is 0. The van der Waals surface area contributed by atoms with Crippen molar-refractivity contribution in [2.24, 2.45) is 5.92 Å². The van der Waals surface area contributed by atoms with Gasteiger partial charge in [-0.25, -0.2) is 4.39 Å². The van der Waals surface area contributed by atoms with E-state index in [4.69, 9.17) is 4.74 Å². The maximum Gasteiger partial charge on any atom is 0.224 e. The Labute approximate surface area is 124 Å². The van der Waals surface area contributed by atoms with E-state index in [0.29, 0.717) is 24.1 Å². The second kappa shape index (κ2) is 6.43. The molecule has 3 rings (SSSR count). The average Bonchev–Trinajstić information content (AvgIpc) is 3.13. The van der Waals surface area contributed by atoms with Crippen LogP contribution in [-0.2, 0) is 9.53 Å². The molecule has 5 heteroatoms. The SMILES string of the molecule is O=C(CCC1CCOC1)Nc1c(F)cccc1NC1CC1. The predicted molar refractivity (Wildman–Crippen MR) is 79.8 cm³/mol. The van der Waals surface area contributed by atoms with Crippen LogP contribution in [0.25, 0.3) is 0 Å². The summed E-state index contributed by atoms with van der Waals surface area (Å²) < 4.78 is 19.2. The van der Waals surface area contributed by atoms with Gasteiger partial charge in [-0.1, -0.05) is 6.07 Å². The van der Waals surface area contributed by atoms with E-state index in [1.807, 2.05) is 6.07 Å². The first-order chi connectivity index (χ1) is 10.2. The van der Waals surface area contributed by atoms with Crippen molar-refractivity contribution >= 4 is 17.3 Å². The quantitative estimate of drug-likeness (QED) is 0.847. The van der Waals surface area contributed by atoms with Crippen molar-refractivity contribution in [1.29, 1.82) is 0 Å². The highest BCUT2D eigenvalue weighted by Gasteiger charge is 2.23. The van der Waals surface area contributed by atoms with Crippen LogP contribution < -0.4 is 10.6 Å². The van der Waals surface area contributed by atoms with Crippen LogP contribution in [-0.4, -0.2) is 25.2 Å². The lowest BCUT2D eigenvalue weighted by Gasteiger charge is -2.14. The zero-order valence-electron chi connectivity index (χ0n) is 12.0. The minimum absolute atomic E-state index is 0.133. The average molecular weight is 292 g/mol. The van der Waals surface area contributed by atoms with Crippen LogP contribution in [0.3, 0.4) is 0 Å². The van der Waals surface area contributed by atoms with Crippen LogP contribution in [0, 0.1) is 11.7 Å². The van der Waals surface area contributed by atoms with Crippen LogP contribution >= 0.6 is 0 Å². The molecule has 1 amide bonds. The molecule has 114 valence electrons. The van der Waals surface area contributed by atoms with Gasteiger partial charge < -0.3 is 15.4 Å². The van der Waals surface area contributed by atoms with E-state index >= 15 is 0 Å². The lowest BCUT2D eigenvalue weighted by Crippen LogP contribution is -2.16. The number of carbonyl (C=O) groups is 1. The fraction of sp³-hybridized carbons (Fsp3) is 0.562. The first-order valence-corrected chi connectivity index (χ1v) is 7.65. The summed E-state index contributed by atoms with van der Waals surface area (Å²) in [6.07, 6.45) is 4.43. The summed E-state index contributed by atoms with van der Waals surface area (Å²) in [6.45, 7) is 1.52. The molecule has 1 aromatic carbocycles. The van der Waals surface area contributed by atoms with Gasteiger partial charge in [0.15, 0.2) is 0 Å². The molecule has 0 radical (unpaired) electrons. The van der Waals surface area contributed by atoms with Gasteiger partial charge >= 0.3 is 0 Å². The molecular formula is C16H21FN2O2. The molecule has 21 heavy (non-hydrogen) atoms. The molecule has 1 saturated heterocycles. The number of carbonyl (C=O) groups excluding carboxylic acids is 1. The molecule has 1 saturated carbocycles. The number of para-hydroxylation sites is 1. The molecule has 0 spiro atoms. The summed E-state index contributed by atoms with van der Waals surface area (Å²) in [7, 11) is 0. The smallest absolute Gasteiger partial charge is 0.224 e. The number of amides is 1. The number of hydrogen-bond acceptors (Lipinski definition) is 3. The van der Waals surface area contributed by atoms with E-state index in [9.17, 15) is 9.18 Å². The number of benzene rings is 1. The molecule has 1 aliphatic heterocycles. The molecule has 2 N–H and O–H groups in total. The summed E-state index contributed by atoms with van der Waals surface area (Å²) in [5.41, 5.74) is 0.951. The molecular weight excluding hydrogens is 271 g/mol. The molecule has 2 fully saturated rings. The Hall–Kier alpha value is -1.62. The van der Waals surface area contributed by atoms with Gasteiger partial charge in [0.05, 0.1) is 5.69 Å². The largest absolute Gasteiger partial charge is 0.381 e. The van der Waals surface area contributed by atoms with Crippen LogP contribution in [0.15, 0.2) is 18.2 Å². The highest BCUT2D eigenvalue weighted by Crippen LogP contribution is 2.31. The van der Waals surface area contributed by atoms with Gasteiger partial charge in [-0.2, -0.15) is 0 Å². The third-order valence-corrected chi connectivity index (χ3v) is 4.02. The highest BCUT2D eigenvalue weighted by atomic mass is 19.1. The number of anilines is 2. The fourth-order valence-electron chi connectivity index (χ4n) is 2.57. The molecule has 4 nitrogen and oxygen atoms in total. The van der Waals surface area contributed by atoms with Crippen molar-refractivity contribution in [3.63, 3.8) is 0 Å². The van der Waals surface area contributed by atoms with Crippen LogP contribution in [0.2, 0.25) is 0 Å². The molecule has 0 bridgehead atoms. The van der Waals surface area contributed by atoms with Crippen molar-refractivity contribution in [3.05, 3.63) is 24.0 Å². The Morgan fingerprint density at radius 3 is 2.90 bits per heavy atom. The summed E-state index contributed by atoms with van der Waals surface area (Å²) in [5, 5.41) is 5.97. The maximum absolute atomic E-state index is 13.9. The van der Waals surface area contributed by atoms with Crippen molar-refractivity contribution in [2.45, 2.75) is 38.1 Å². The highest BCUT2D eigenvalue weighted by molar-refractivity contribution is 5.94. The Morgan fingerprint density at radius 2 is 2.19 bits per heavy atom. The van der Waals surface area contributed by atoms with Crippen LogP contribution in [0.5, 0.6) is 0 Å².